The molecule has 0 aliphatic heterocycles. The van der Waals surface area contributed by atoms with Crippen molar-refractivity contribution in [2.45, 2.75) is 24.8 Å². The minimum Gasteiger partial charge on any atom is -0.465 e. The predicted octanol–water partition coefficient (Wildman–Crippen LogP) is 2.72. The van der Waals surface area contributed by atoms with Gasteiger partial charge in [-0.1, -0.05) is 29.8 Å². The second kappa shape index (κ2) is 7.55. The quantitative estimate of drug-likeness (QED) is 0.812. The number of hydrogen-bond acceptors (Lipinski definition) is 4. The maximum atomic E-state index is 13.1. The number of carbonyl (C=O) groups is 1. The number of nitrogens with one attached hydrogen (secondary N) is 1. The van der Waals surface area contributed by atoms with Crippen molar-refractivity contribution < 1.29 is 22.3 Å². The van der Waals surface area contributed by atoms with Crippen molar-refractivity contribution >= 4 is 16.0 Å². The molecule has 0 fully saturated rings. The van der Waals surface area contributed by atoms with Gasteiger partial charge < -0.3 is 4.74 Å². The SMILES string of the molecule is CCOC(=O)[C@@H](NS(=O)(=O)c1ccc(C)cc1)c1ccc(F)cc1. The molecule has 24 heavy (non-hydrogen) atoms. The summed E-state index contributed by atoms with van der Waals surface area (Å²) >= 11 is 0. The van der Waals surface area contributed by atoms with E-state index in [1.54, 1.807) is 19.1 Å². The lowest BCUT2D eigenvalue weighted by Crippen LogP contribution is -2.35. The summed E-state index contributed by atoms with van der Waals surface area (Å²) in [5.41, 5.74) is 1.21. The summed E-state index contributed by atoms with van der Waals surface area (Å²) in [6.45, 7) is 3.56. The average molecular weight is 351 g/mol. The summed E-state index contributed by atoms with van der Waals surface area (Å²) in [5.74, 6) is -1.23. The molecule has 0 spiro atoms. The Morgan fingerprint density at radius 3 is 2.25 bits per heavy atom. The number of esters is 1. The first-order valence-corrected chi connectivity index (χ1v) is 8.83. The van der Waals surface area contributed by atoms with Crippen LogP contribution >= 0.6 is 0 Å². The van der Waals surface area contributed by atoms with Crippen LogP contribution in [0.3, 0.4) is 0 Å². The van der Waals surface area contributed by atoms with E-state index < -0.39 is 27.9 Å². The summed E-state index contributed by atoms with van der Waals surface area (Å²) in [6.07, 6.45) is 0. The molecule has 0 aromatic heterocycles. The summed E-state index contributed by atoms with van der Waals surface area (Å²) in [5, 5.41) is 0. The van der Waals surface area contributed by atoms with E-state index in [1.807, 2.05) is 6.92 Å². The van der Waals surface area contributed by atoms with Gasteiger partial charge in [-0.05, 0) is 43.7 Å². The molecule has 2 rings (SSSR count). The Labute approximate surface area is 140 Å². The van der Waals surface area contributed by atoms with E-state index in [4.69, 9.17) is 4.74 Å². The van der Waals surface area contributed by atoms with Crippen molar-refractivity contribution in [2.24, 2.45) is 0 Å². The lowest BCUT2D eigenvalue weighted by atomic mass is 10.1. The van der Waals surface area contributed by atoms with Crippen molar-refractivity contribution in [2.75, 3.05) is 6.61 Å². The molecule has 0 saturated carbocycles. The lowest BCUT2D eigenvalue weighted by Gasteiger charge is -2.18. The molecule has 7 heteroatoms. The summed E-state index contributed by atoms with van der Waals surface area (Å²) in [4.78, 5) is 12.2. The van der Waals surface area contributed by atoms with E-state index in [0.717, 1.165) is 17.7 Å². The number of aryl methyl sites for hydroxylation is 1. The van der Waals surface area contributed by atoms with E-state index in [0.29, 0.717) is 5.56 Å². The van der Waals surface area contributed by atoms with Crippen molar-refractivity contribution in [3.8, 4) is 0 Å². The molecular weight excluding hydrogens is 333 g/mol. The Bertz CT molecular complexity index is 801. The number of benzene rings is 2. The standard InChI is InChI=1S/C17H18FNO4S/c1-3-23-17(20)16(13-6-8-14(18)9-7-13)19-24(21,22)15-10-4-12(2)5-11-15/h4-11,16,19H,3H2,1-2H3/t16-/m0/s1. The molecular formula is C17H18FNO4S. The van der Waals surface area contributed by atoms with Crippen molar-refractivity contribution in [3.63, 3.8) is 0 Å². The highest BCUT2D eigenvalue weighted by molar-refractivity contribution is 7.89. The van der Waals surface area contributed by atoms with Crippen LogP contribution in [0.15, 0.2) is 53.4 Å². The highest BCUT2D eigenvalue weighted by Crippen LogP contribution is 2.20. The lowest BCUT2D eigenvalue weighted by molar-refractivity contribution is -0.145. The Morgan fingerprint density at radius 1 is 1.12 bits per heavy atom. The minimum absolute atomic E-state index is 0.0320. The fourth-order valence-corrected chi connectivity index (χ4v) is 3.25. The second-order valence-electron chi connectivity index (χ2n) is 5.17. The number of carbonyl (C=O) groups excluding carboxylic acids is 1. The van der Waals surface area contributed by atoms with Gasteiger partial charge in [0.1, 0.15) is 11.9 Å². The van der Waals surface area contributed by atoms with Gasteiger partial charge in [0.05, 0.1) is 11.5 Å². The average Bonchev–Trinajstić information content (AvgIpc) is 2.54. The zero-order valence-electron chi connectivity index (χ0n) is 13.3. The van der Waals surface area contributed by atoms with Gasteiger partial charge in [-0.3, -0.25) is 0 Å². The number of ether oxygens (including phenoxy) is 1. The minimum atomic E-state index is -3.94. The molecule has 2 aromatic rings. The first-order chi connectivity index (χ1) is 11.3. The van der Waals surface area contributed by atoms with Crippen LogP contribution in [-0.2, 0) is 19.6 Å². The van der Waals surface area contributed by atoms with E-state index in [2.05, 4.69) is 4.72 Å². The van der Waals surface area contributed by atoms with Crippen LogP contribution in [0.4, 0.5) is 4.39 Å². The van der Waals surface area contributed by atoms with Crippen molar-refractivity contribution in [3.05, 3.63) is 65.5 Å². The Kier molecular flexibility index (Phi) is 5.69. The third-order valence-corrected chi connectivity index (χ3v) is 4.77. The van der Waals surface area contributed by atoms with E-state index >= 15 is 0 Å². The first kappa shape index (κ1) is 18.1. The topological polar surface area (TPSA) is 72.5 Å². The molecule has 2 aromatic carbocycles. The molecule has 0 amide bonds. The molecule has 0 aliphatic carbocycles. The van der Waals surface area contributed by atoms with Crippen LogP contribution in [0, 0.1) is 12.7 Å². The fourth-order valence-electron chi connectivity index (χ4n) is 2.07. The van der Waals surface area contributed by atoms with Crippen LogP contribution in [0.2, 0.25) is 0 Å². The van der Waals surface area contributed by atoms with E-state index in [-0.39, 0.29) is 11.5 Å². The Balaban J connectivity index is 2.35. The first-order valence-electron chi connectivity index (χ1n) is 7.34. The maximum Gasteiger partial charge on any atom is 0.328 e. The van der Waals surface area contributed by atoms with Gasteiger partial charge >= 0.3 is 5.97 Å². The second-order valence-corrected chi connectivity index (χ2v) is 6.88. The number of halogens is 1. The van der Waals surface area contributed by atoms with E-state index in [1.165, 1.54) is 24.3 Å². The molecule has 0 bridgehead atoms. The third kappa shape index (κ3) is 4.39. The third-order valence-electron chi connectivity index (χ3n) is 3.33. The van der Waals surface area contributed by atoms with E-state index in [9.17, 15) is 17.6 Å². The number of sulfonamides is 1. The number of hydrogen-bond donors (Lipinski definition) is 1. The van der Waals surface area contributed by atoms with Crippen LogP contribution in [-0.4, -0.2) is 21.0 Å². The largest absolute Gasteiger partial charge is 0.465 e. The normalized spacial score (nSPS) is 12.6. The molecule has 128 valence electrons. The van der Waals surface area contributed by atoms with Gasteiger partial charge in [0.25, 0.3) is 0 Å². The van der Waals surface area contributed by atoms with Crippen LogP contribution in [0.25, 0.3) is 0 Å². The summed E-state index contributed by atoms with van der Waals surface area (Å²) < 4.78 is 45.4. The summed E-state index contributed by atoms with van der Waals surface area (Å²) in [6, 6.07) is 9.95. The number of rotatable bonds is 6. The van der Waals surface area contributed by atoms with Crippen molar-refractivity contribution in [1.82, 2.24) is 4.72 Å². The van der Waals surface area contributed by atoms with Crippen molar-refractivity contribution in [1.29, 1.82) is 0 Å². The highest BCUT2D eigenvalue weighted by Gasteiger charge is 2.28. The zero-order valence-corrected chi connectivity index (χ0v) is 14.1. The molecule has 0 aliphatic rings. The molecule has 1 N–H and O–H groups in total. The monoisotopic (exact) mass is 351 g/mol. The van der Waals surface area contributed by atoms with Gasteiger partial charge in [0.2, 0.25) is 10.0 Å². The van der Waals surface area contributed by atoms with Gasteiger partial charge in [-0.25, -0.2) is 17.6 Å². The molecule has 0 heterocycles. The highest BCUT2D eigenvalue weighted by atomic mass is 32.2. The maximum absolute atomic E-state index is 13.1. The zero-order chi connectivity index (χ0) is 17.7. The predicted molar refractivity (Wildman–Crippen MR) is 87.3 cm³/mol. The Hall–Kier alpha value is -2.25. The molecule has 0 radical (unpaired) electrons. The Morgan fingerprint density at radius 2 is 1.71 bits per heavy atom. The van der Waals surface area contributed by atoms with Crippen LogP contribution in [0.5, 0.6) is 0 Å². The van der Waals surface area contributed by atoms with Gasteiger partial charge in [-0.2, -0.15) is 4.72 Å². The summed E-state index contributed by atoms with van der Waals surface area (Å²) in [7, 11) is -3.94. The van der Waals surface area contributed by atoms with Crippen LogP contribution < -0.4 is 4.72 Å². The molecule has 0 saturated heterocycles. The molecule has 0 unspecified atom stereocenters. The fraction of sp³-hybridized carbons (Fsp3) is 0.235. The van der Waals surface area contributed by atoms with Gasteiger partial charge in [-0.15, -0.1) is 0 Å². The smallest absolute Gasteiger partial charge is 0.328 e. The molecule has 1 atom stereocenters. The van der Waals surface area contributed by atoms with Crippen LogP contribution in [0.1, 0.15) is 24.1 Å². The van der Waals surface area contributed by atoms with Gasteiger partial charge in [0.15, 0.2) is 0 Å². The van der Waals surface area contributed by atoms with Gasteiger partial charge in [0, 0.05) is 0 Å². The molecule has 5 nitrogen and oxygen atoms in total.